The summed E-state index contributed by atoms with van der Waals surface area (Å²) in [5.74, 6) is 0.526. The molecule has 0 amide bonds. The topological polar surface area (TPSA) is 64.3 Å². The number of nitrogens with two attached hydrogens (primary N) is 1. The van der Waals surface area contributed by atoms with Crippen molar-refractivity contribution in [3.63, 3.8) is 0 Å². The first-order chi connectivity index (χ1) is 9.61. The maximum absolute atomic E-state index is 6.60. The molecule has 0 aromatic carbocycles. The largest absolute Gasteiger partial charge is 0.480 e. The van der Waals surface area contributed by atoms with Gasteiger partial charge in [-0.05, 0) is 25.9 Å². The van der Waals surface area contributed by atoms with Crippen molar-refractivity contribution in [2.45, 2.75) is 52.1 Å². The second-order valence-corrected chi connectivity index (χ2v) is 4.91. The van der Waals surface area contributed by atoms with Crippen molar-refractivity contribution in [3.8, 4) is 5.88 Å². The number of nitrogens with zero attached hydrogens (tertiary/aromatic N) is 3. The summed E-state index contributed by atoms with van der Waals surface area (Å²) < 4.78 is 5.33. The van der Waals surface area contributed by atoms with E-state index < -0.39 is 0 Å². The number of hydrogen-bond donors (Lipinski definition) is 1. The van der Waals surface area contributed by atoms with E-state index in [1.54, 1.807) is 19.5 Å². The maximum Gasteiger partial charge on any atom is 0.237 e. The van der Waals surface area contributed by atoms with Crippen molar-refractivity contribution in [2.75, 3.05) is 20.2 Å². The first-order valence-corrected chi connectivity index (χ1v) is 7.46. The third-order valence-corrected chi connectivity index (χ3v) is 4.38. The predicted molar refractivity (Wildman–Crippen MR) is 81.7 cm³/mol. The molecule has 0 radical (unpaired) electrons. The second-order valence-electron chi connectivity index (χ2n) is 4.91. The lowest BCUT2D eigenvalue weighted by molar-refractivity contribution is 0.0600. The Hall–Kier alpha value is -1.20. The van der Waals surface area contributed by atoms with Gasteiger partial charge in [-0.1, -0.05) is 27.7 Å². The van der Waals surface area contributed by atoms with Crippen LogP contribution in [0.5, 0.6) is 5.88 Å². The molecule has 2 N–H and O–H groups in total. The fraction of sp³-hybridized carbons (Fsp3) is 0.733. The summed E-state index contributed by atoms with van der Waals surface area (Å²) in [6.45, 7) is 10.6. The van der Waals surface area contributed by atoms with Gasteiger partial charge in [0.2, 0.25) is 5.88 Å². The minimum Gasteiger partial charge on any atom is -0.480 e. The van der Waals surface area contributed by atoms with Gasteiger partial charge in [0.15, 0.2) is 0 Å². The molecule has 0 saturated heterocycles. The van der Waals surface area contributed by atoms with Gasteiger partial charge in [0.25, 0.3) is 0 Å². The van der Waals surface area contributed by atoms with Crippen LogP contribution in [0.2, 0.25) is 0 Å². The van der Waals surface area contributed by atoms with E-state index in [1.165, 1.54) is 0 Å². The lowest BCUT2D eigenvalue weighted by Crippen LogP contribution is -2.55. The normalized spacial score (nSPS) is 13.6. The lowest BCUT2D eigenvalue weighted by Gasteiger charge is -2.46. The molecule has 114 valence electrons. The van der Waals surface area contributed by atoms with Crippen molar-refractivity contribution < 1.29 is 4.74 Å². The number of rotatable bonds is 8. The Labute approximate surface area is 122 Å². The number of likely N-dealkylation sites (N-methyl/N-ethyl adjacent to an activating group) is 1. The van der Waals surface area contributed by atoms with Crippen LogP contribution in [0.3, 0.4) is 0 Å². The van der Waals surface area contributed by atoms with E-state index in [4.69, 9.17) is 10.5 Å². The Kier molecular flexibility index (Phi) is 6.36. The molecule has 0 bridgehead atoms. The van der Waals surface area contributed by atoms with Crippen molar-refractivity contribution in [2.24, 2.45) is 5.73 Å². The van der Waals surface area contributed by atoms with Gasteiger partial charge in [-0.15, -0.1) is 0 Å². The summed E-state index contributed by atoms with van der Waals surface area (Å²) in [7, 11) is 1.61. The van der Waals surface area contributed by atoms with Crippen molar-refractivity contribution >= 4 is 0 Å². The van der Waals surface area contributed by atoms with Gasteiger partial charge in [-0.2, -0.15) is 0 Å². The summed E-state index contributed by atoms with van der Waals surface area (Å²) in [4.78, 5) is 11.1. The highest BCUT2D eigenvalue weighted by atomic mass is 16.5. The summed E-state index contributed by atoms with van der Waals surface area (Å²) in [6, 6.07) is -0.221. The number of hydrogen-bond acceptors (Lipinski definition) is 5. The molecule has 1 unspecified atom stereocenters. The standard InChI is InChI=1S/C15H28N4O/c1-6-15(7-2,19(8-3)9-4)13(16)12-14(20-5)18-11-10-17-12/h10-11,13H,6-9,16H2,1-5H3. The molecule has 1 heterocycles. The van der Waals surface area contributed by atoms with Crippen LogP contribution in [0, 0.1) is 0 Å². The van der Waals surface area contributed by atoms with Crippen molar-refractivity contribution in [3.05, 3.63) is 18.1 Å². The van der Waals surface area contributed by atoms with Crippen LogP contribution in [0.15, 0.2) is 12.4 Å². The Morgan fingerprint density at radius 2 is 1.70 bits per heavy atom. The monoisotopic (exact) mass is 280 g/mol. The van der Waals surface area contributed by atoms with Crippen LogP contribution < -0.4 is 10.5 Å². The highest BCUT2D eigenvalue weighted by Crippen LogP contribution is 2.37. The summed E-state index contributed by atoms with van der Waals surface area (Å²) in [5.41, 5.74) is 7.22. The minimum absolute atomic E-state index is 0.118. The van der Waals surface area contributed by atoms with E-state index in [0.717, 1.165) is 31.6 Å². The lowest BCUT2D eigenvalue weighted by atomic mass is 9.81. The molecule has 20 heavy (non-hydrogen) atoms. The molecule has 1 aromatic heterocycles. The smallest absolute Gasteiger partial charge is 0.237 e. The fourth-order valence-corrected chi connectivity index (χ4v) is 3.15. The van der Waals surface area contributed by atoms with Gasteiger partial charge in [0, 0.05) is 17.9 Å². The van der Waals surface area contributed by atoms with E-state index in [9.17, 15) is 0 Å². The average molecular weight is 280 g/mol. The molecule has 5 nitrogen and oxygen atoms in total. The van der Waals surface area contributed by atoms with E-state index in [-0.39, 0.29) is 11.6 Å². The molecule has 0 saturated carbocycles. The first kappa shape index (κ1) is 16.9. The Morgan fingerprint density at radius 1 is 1.15 bits per heavy atom. The van der Waals surface area contributed by atoms with Gasteiger partial charge in [0.1, 0.15) is 5.69 Å². The third kappa shape index (κ3) is 2.94. The molecule has 1 rings (SSSR count). The highest BCUT2D eigenvalue weighted by Gasteiger charge is 2.40. The summed E-state index contributed by atoms with van der Waals surface area (Å²) in [5, 5.41) is 0. The SMILES string of the molecule is CCN(CC)C(CC)(CC)C(N)c1nccnc1OC. The van der Waals surface area contributed by atoms with Crippen LogP contribution >= 0.6 is 0 Å². The molecule has 0 spiro atoms. The van der Waals surface area contributed by atoms with Gasteiger partial charge in [0.05, 0.1) is 13.2 Å². The number of methoxy groups -OCH3 is 1. The summed E-state index contributed by atoms with van der Waals surface area (Å²) in [6.07, 6.45) is 5.24. The molecule has 1 atom stereocenters. The molecule has 0 aliphatic rings. The van der Waals surface area contributed by atoms with Crippen molar-refractivity contribution in [1.29, 1.82) is 0 Å². The fourth-order valence-electron chi connectivity index (χ4n) is 3.15. The van der Waals surface area contributed by atoms with Gasteiger partial charge in [-0.25, -0.2) is 4.98 Å². The van der Waals surface area contributed by atoms with Crippen LogP contribution in [0.4, 0.5) is 0 Å². The van der Waals surface area contributed by atoms with Crippen LogP contribution in [0.25, 0.3) is 0 Å². The van der Waals surface area contributed by atoms with Crippen molar-refractivity contribution in [1.82, 2.24) is 14.9 Å². The predicted octanol–water partition coefficient (Wildman–Crippen LogP) is 2.39. The zero-order valence-corrected chi connectivity index (χ0v) is 13.4. The van der Waals surface area contributed by atoms with Crippen LogP contribution in [-0.2, 0) is 0 Å². The van der Waals surface area contributed by atoms with E-state index in [2.05, 4.69) is 42.6 Å². The van der Waals surface area contributed by atoms with E-state index in [1.807, 2.05) is 0 Å². The van der Waals surface area contributed by atoms with Crippen LogP contribution in [0.1, 0.15) is 52.3 Å². The van der Waals surface area contributed by atoms with Crippen LogP contribution in [-0.4, -0.2) is 40.6 Å². The summed E-state index contributed by atoms with van der Waals surface area (Å²) >= 11 is 0. The maximum atomic E-state index is 6.60. The third-order valence-electron chi connectivity index (χ3n) is 4.38. The molecular weight excluding hydrogens is 252 g/mol. The molecule has 5 heteroatoms. The molecule has 0 aliphatic heterocycles. The van der Waals surface area contributed by atoms with E-state index >= 15 is 0 Å². The average Bonchev–Trinajstić information content (AvgIpc) is 2.52. The molecular formula is C15H28N4O. The number of ether oxygens (including phenoxy) is 1. The second kappa shape index (κ2) is 7.55. The molecule has 0 aliphatic carbocycles. The zero-order valence-electron chi connectivity index (χ0n) is 13.4. The first-order valence-electron chi connectivity index (χ1n) is 7.46. The number of aromatic nitrogens is 2. The Bertz CT molecular complexity index is 403. The van der Waals surface area contributed by atoms with Gasteiger partial charge >= 0.3 is 0 Å². The highest BCUT2D eigenvalue weighted by molar-refractivity contribution is 5.25. The molecule has 0 fully saturated rings. The van der Waals surface area contributed by atoms with Gasteiger partial charge < -0.3 is 10.5 Å². The van der Waals surface area contributed by atoms with Gasteiger partial charge in [-0.3, -0.25) is 9.88 Å². The van der Waals surface area contributed by atoms with E-state index in [0.29, 0.717) is 5.88 Å². The minimum atomic E-state index is -0.221. The zero-order chi connectivity index (χ0) is 15.2. The Morgan fingerprint density at radius 3 is 2.15 bits per heavy atom. The quantitative estimate of drug-likeness (QED) is 0.792. The Balaban J connectivity index is 3.26. The molecule has 1 aromatic rings.